The summed E-state index contributed by atoms with van der Waals surface area (Å²) in [6.45, 7) is 2.21. The third kappa shape index (κ3) is 5.01. The van der Waals surface area contributed by atoms with Crippen molar-refractivity contribution < 1.29 is 12.8 Å². The molecular formula is C19H19FN4O2S. The Labute approximate surface area is 157 Å². The highest BCUT2D eigenvalue weighted by Crippen LogP contribution is 2.19. The van der Waals surface area contributed by atoms with E-state index in [1.807, 2.05) is 30.3 Å². The zero-order valence-electron chi connectivity index (χ0n) is 14.7. The first-order chi connectivity index (χ1) is 12.9. The van der Waals surface area contributed by atoms with Crippen molar-refractivity contribution in [3.63, 3.8) is 0 Å². The van der Waals surface area contributed by atoms with Gasteiger partial charge in [-0.15, -0.1) is 10.2 Å². The molecule has 0 aliphatic carbocycles. The normalized spacial score (nSPS) is 11.2. The van der Waals surface area contributed by atoms with Crippen LogP contribution in [-0.4, -0.2) is 25.2 Å². The Morgan fingerprint density at radius 3 is 2.33 bits per heavy atom. The van der Waals surface area contributed by atoms with E-state index in [9.17, 15) is 12.8 Å². The van der Waals surface area contributed by atoms with Gasteiger partial charge in [0.2, 0.25) is 0 Å². The van der Waals surface area contributed by atoms with E-state index in [-0.39, 0.29) is 10.7 Å². The van der Waals surface area contributed by atoms with Gasteiger partial charge in [0, 0.05) is 6.54 Å². The zero-order chi connectivity index (χ0) is 19.3. The minimum absolute atomic E-state index is 0.00392. The molecule has 2 aromatic carbocycles. The maximum absolute atomic E-state index is 13.2. The molecule has 0 amide bonds. The lowest BCUT2D eigenvalue weighted by molar-refractivity contribution is 0.598. The van der Waals surface area contributed by atoms with Gasteiger partial charge in [-0.25, -0.2) is 12.8 Å². The molecule has 0 atom stereocenters. The largest absolute Gasteiger partial charge is 0.368 e. The van der Waals surface area contributed by atoms with E-state index in [1.165, 1.54) is 30.7 Å². The molecule has 1 heterocycles. The molecule has 0 radical (unpaired) electrons. The summed E-state index contributed by atoms with van der Waals surface area (Å²) in [5, 5.41) is 11.0. The molecule has 0 spiro atoms. The van der Waals surface area contributed by atoms with Crippen LogP contribution in [0.1, 0.15) is 11.1 Å². The van der Waals surface area contributed by atoms with Gasteiger partial charge in [-0.2, -0.15) is 0 Å². The quantitative estimate of drug-likeness (QED) is 0.650. The van der Waals surface area contributed by atoms with Crippen molar-refractivity contribution in [3.8, 4) is 0 Å². The predicted octanol–water partition coefficient (Wildman–Crippen LogP) is 3.38. The summed E-state index contributed by atoms with van der Waals surface area (Å²) in [6, 6.07) is 16.7. The lowest BCUT2D eigenvalue weighted by Gasteiger charge is -2.10. The van der Waals surface area contributed by atoms with Crippen molar-refractivity contribution in [2.45, 2.75) is 18.2 Å². The van der Waals surface area contributed by atoms with Crippen molar-refractivity contribution in [2.75, 3.05) is 16.6 Å². The van der Waals surface area contributed by atoms with Crippen LogP contribution in [0.5, 0.6) is 0 Å². The Balaban J connectivity index is 1.61. The second kappa shape index (κ2) is 8.13. The fraction of sp³-hybridized carbons (Fsp3) is 0.158. The Morgan fingerprint density at radius 2 is 1.67 bits per heavy atom. The lowest BCUT2D eigenvalue weighted by Crippen LogP contribution is -2.16. The number of hydrogen-bond acceptors (Lipinski definition) is 5. The molecule has 0 aliphatic rings. The molecule has 0 saturated carbocycles. The van der Waals surface area contributed by atoms with Crippen LogP contribution < -0.4 is 10.0 Å². The maximum atomic E-state index is 13.2. The second-order valence-electron chi connectivity index (χ2n) is 5.98. The molecule has 2 N–H and O–H groups in total. The van der Waals surface area contributed by atoms with Crippen LogP contribution >= 0.6 is 0 Å². The molecule has 140 valence electrons. The van der Waals surface area contributed by atoms with E-state index < -0.39 is 15.8 Å². The van der Waals surface area contributed by atoms with Crippen LogP contribution in [0, 0.1) is 12.7 Å². The summed E-state index contributed by atoms with van der Waals surface area (Å²) in [4.78, 5) is -0.00392. The van der Waals surface area contributed by atoms with E-state index >= 15 is 0 Å². The van der Waals surface area contributed by atoms with Gasteiger partial charge in [-0.1, -0.05) is 30.3 Å². The molecule has 0 saturated heterocycles. The van der Waals surface area contributed by atoms with Gasteiger partial charge in [-0.3, -0.25) is 4.72 Å². The zero-order valence-corrected chi connectivity index (χ0v) is 15.5. The molecule has 27 heavy (non-hydrogen) atoms. The number of sulfonamides is 1. The first-order valence-corrected chi connectivity index (χ1v) is 9.83. The van der Waals surface area contributed by atoms with Gasteiger partial charge >= 0.3 is 0 Å². The summed E-state index contributed by atoms with van der Waals surface area (Å²) >= 11 is 0. The van der Waals surface area contributed by atoms with Crippen LogP contribution in [0.15, 0.2) is 65.6 Å². The minimum atomic E-state index is -3.87. The standard InChI is InChI=1S/C19H19FN4O2S/c1-14-13-16(20)7-8-17(14)27(25,26)24-19-10-9-18(22-23-19)21-12-11-15-5-3-2-4-6-15/h2-10,13H,11-12H2,1H3,(H,21,22)(H,23,24). The van der Waals surface area contributed by atoms with Crippen molar-refractivity contribution in [1.82, 2.24) is 10.2 Å². The van der Waals surface area contributed by atoms with Gasteiger partial charge in [0.05, 0.1) is 4.90 Å². The molecule has 6 nitrogen and oxygen atoms in total. The predicted molar refractivity (Wildman–Crippen MR) is 103 cm³/mol. The SMILES string of the molecule is Cc1cc(F)ccc1S(=O)(=O)Nc1ccc(NCCc2ccccc2)nn1. The van der Waals surface area contributed by atoms with Crippen LogP contribution in [0.3, 0.4) is 0 Å². The summed E-state index contributed by atoms with van der Waals surface area (Å²) in [5.41, 5.74) is 1.52. The monoisotopic (exact) mass is 386 g/mol. The van der Waals surface area contributed by atoms with Crippen molar-refractivity contribution >= 4 is 21.7 Å². The van der Waals surface area contributed by atoms with Crippen LogP contribution in [0.25, 0.3) is 0 Å². The van der Waals surface area contributed by atoms with Gasteiger partial charge < -0.3 is 5.32 Å². The second-order valence-corrected chi connectivity index (χ2v) is 7.63. The van der Waals surface area contributed by atoms with E-state index in [0.717, 1.165) is 12.5 Å². The van der Waals surface area contributed by atoms with Crippen molar-refractivity contribution in [2.24, 2.45) is 0 Å². The van der Waals surface area contributed by atoms with E-state index in [0.29, 0.717) is 17.9 Å². The van der Waals surface area contributed by atoms with Gasteiger partial charge in [-0.05, 0) is 54.8 Å². The van der Waals surface area contributed by atoms with Gasteiger partial charge in [0.15, 0.2) is 5.82 Å². The Kier molecular flexibility index (Phi) is 5.66. The fourth-order valence-corrected chi connectivity index (χ4v) is 3.79. The topological polar surface area (TPSA) is 84.0 Å². The molecule has 3 rings (SSSR count). The third-order valence-corrected chi connectivity index (χ3v) is 5.41. The molecular weight excluding hydrogens is 367 g/mol. The van der Waals surface area contributed by atoms with Gasteiger partial charge in [0.25, 0.3) is 10.0 Å². The highest BCUT2D eigenvalue weighted by atomic mass is 32.2. The Hall–Kier alpha value is -3.00. The van der Waals surface area contributed by atoms with Crippen molar-refractivity contribution in [3.05, 3.63) is 77.6 Å². The highest BCUT2D eigenvalue weighted by Gasteiger charge is 2.18. The molecule has 0 aliphatic heterocycles. The average molecular weight is 386 g/mol. The molecule has 0 bridgehead atoms. The molecule has 0 fully saturated rings. The van der Waals surface area contributed by atoms with E-state index in [4.69, 9.17) is 0 Å². The van der Waals surface area contributed by atoms with Gasteiger partial charge in [0.1, 0.15) is 11.6 Å². The third-order valence-electron chi connectivity index (χ3n) is 3.89. The first kappa shape index (κ1) is 18.8. The van der Waals surface area contributed by atoms with E-state index in [2.05, 4.69) is 20.2 Å². The number of anilines is 2. The highest BCUT2D eigenvalue weighted by molar-refractivity contribution is 7.92. The molecule has 8 heteroatoms. The fourth-order valence-electron chi connectivity index (χ4n) is 2.57. The maximum Gasteiger partial charge on any atom is 0.263 e. The number of halogens is 1. The average Bonchev–Trinajstić information content (AvgIpc) is 2.63. The molecule has 0 unspecified atom stereocenters. The summed E-state index contributed by atoms with van der Waals surface area (Å²) < 4.78 is 40.4. The number of benzene rings is 2. The first-order valence-electron chi connectivity index (χ1n) is 8.34. The number of hydrogen-bond donors (Lipinski definition) is 2. The number of rotatable bonds is 7. The number of aryl methyl sites for hydroxylation is 1. The summed E-state index contributed by atoms with van der Waals surface area (Å²) in [5.74, 6) is 0.149. The number of nitrogens with one attached hydrogen (secondary N) is 2. The summed E-state index contributed by atoms with van der Waals surface area (Å²) in [6.07, 6.45) is 0.834. The number of aromatic nitrogens is 2. The van der Waals surface area contributed by atoms with Crippen molar-refractivity contribution in [1.29, 1.82) is 0 Å². The molecule has 3 aromatic rings. The number of nitrogens with zero attached hydrogens (tertiary/aromatic N) is 2. The van der Waals surface area contributed by atoms with Crippen LogP contribution in [-0.2, 0) is 16.4 Å². The lowest BCUT2D eigenvalue weighted by atomic mass is 10.1. The Morgan fingerprint density at radius 1 is 0.963 bits per heavy atom. The van der Waals surface area contributed by atoms with Crippen LogP contribution in [0.4, 0.5) is 16.0 Å². The molecule has 1 aromatic heterocycles. The summed E-state index contributed by atoms with van der Waals surface area (Å²) in [7, 11) is -3.87. The minimum Gasteiger partial charge on any atom is -0.368 e. The van der Waals surface area contributed by atoms with E-state index in [1.54, 1.807) is 6.07 Å². The Bertz CT molecular complexity index is 1010. The smallest absolute Gasteiger partial charge is 0.263 e. The van der Waals surface area contributed by atoms with Crippen LogP contribution in [0.2, 0.25) is 0 Å².